The topological polar surface area (TPSA) is 81.6 Å². The lowest BCUT2D eigenvalue weighted by Gasteiger charge is -2.27. The Balaban J connectivity index is -0.000000376. The molecule has 0 aromatic heterocycles. The lowest BCUT2D eigenvalue weighted by molar-refractivity contribution is -0.119. The minimum atomic E-state index is -2.98. The second kappa shape index (κ2) is 14.4. The molecule has 0 spiro atoms. The van der Waals surface area contributed by atoms with Crippen LogP contribution in [0.4, 0.5) is 0 Å². The quantitative estimate of drug-likeness (QED) is 0.608. The Kier molecular flexibility index (Phi) is 18.8. The number of rotatable bonds is 5. The average Bonchev–Trinajstić information content (AvgIpc) is 2.32. The molecule has 0 saturated heterocycles. The first-order valence-corrected chi connectivity index (χ1v) is 7.05. The molecule has 0 rings (SSSR count). The zero-order chi connectivity index (χ0) is 13.6. The van der Waals surface area contributed by atoms with E-state index in [0.717, 1.165) is 5.41 Å². The maximum atomic E-state index is 10.8. The average molecular weight is 254 g/mol. The molecule has 0 fully saturated rings. The Morgan fingerprint density at radius 3 is 2.06 bits per heavy atom. The molecule has 0 aliphatic carbocycles. The third kappa shape index (κ3) is 15.9. The third-order valence-corrected chi connectivity index (χ3v) is 2.09. The Bertz CT molecular complexity index is 175. The van der Waals surface area contributed by atoms with E-state index in [1.54, 1.807) is 6.92 Å². The third-order valence-electron chi connectivity index (χ3n) is 1.05. The smallest absolute Gasteiger partial charge is 0.235 e. The summed E-state index contributed by atoms with van der Waals surface area (Å²) in [6.45, 7) is 13.4. The molecule has 100 valence electrons. The van der Waals surface area contributed by atoms with E-state index in [2.05, 4.69) is 16.6 Å². The fourth-order valence-electron chi connectivity index (χ4n) is 0.490. The molecule has 5 nitrogen and oxygen atoms in total. The van der Waals surface area contributed by atoms with Crippen LogP contribution in [0.25, 0.3) is 0 Å². The van der Waals surface area contributed by atoms with Gasteiger partial charge in [-0.1, -0.05) is 34.3 Å². The summed E-state index contributed by atoms with van der Waals surface area (Å²) in [5.74, 6) is -0.278. The van der Waals surface area contributed by atoms with Crippen molar-refractivity contribution in [1.29, 1.82) is 0 Å². The Morgan fingerprint density at radius 2 is 1.75 bits per heavy atom. The highest BCUT2D eigenvalue weighted by molar-refractivity contribution is 8.25. The van der Waals surface area contributed by atoms with E-state index in [4.69, 9.17) is 9.11 Å². The van der Waals surface area contributed by atoms with E-state index in [1.807, 2.05) is 27.7 Å². The first kappa shape index (κ1) is 20.8. The highest BCUT2D eigenvalue weighted by atomic mass is 32.3. The van der Waals surface area contributed by atoms with Gasteiger partial charge in [0.15, 0.2) is 0 Å². The van der Waals surface area contributed by atoms with Gasteiger partial charge in [-0.15, -0.1) is 10.8 Å². The molecule has 0 aliphatic rings. The van der Waals surface area contributed by atoms with Gasteiger partial charge >= 0.3 is 0 Å². The Labute approximate surface area is 101 Å². The molecule has 0 heterocycles. The molecule has 0 atom stereocenters. The molecular weight excluding hydrogens is 228 g/mol. The van der Waals surface area contributed by atoms with Crippen molar-refractivity contribution in [3.8, 4) is 0 Å². The van der Waals surface area contributed by atoms with Gasteiger partial charge in [0.05, 0.1) is 6.54 Å². The second-order valence-electron chi connectivity index (χ2n) is 2.03. The molecule has 0 saturated carbocycles. The zero-order valence-electron chi connectivity index (χ0n) is 10.9. The lowest BCUT2D eigenvalue weighted by atomic mass is 10.6. The highest BCUT2D eigenvalue weighted by Gasteiger charge is 2.07. The van der Waals surface area contributed by atoms with Gasteiger partial charge < -0.3 is 5.32 Å². The standard InChI is InChI=1S/C6H14N2O3S.2C2H6/c1-3-7-6(9)5-8-12(10,11)4-2;2*1-2/h4,8,10-11H,2-3,5H2,1H3,(H,7,9);2*1-2H3. The predicted molar refractivity (Wildman–Crippen MR) is 72.4 cm³/mol. The van der Waals surface area contributed by atoms with Gasteiger partial charge in [-0.25, -0.2) is 4.72 Å². The molecule has 0 bridgehead atoms. The molecular formula is C10H26N2O3S. The van der Waals surface area contributed by atoms with Gasteiger partial charge in [0.1, 0.15) is 0 Å². The van der Waals surface area contributed by atoms with Crippen LogP contribution in [0.1, 0.15) is 34.6 Å². The normalized spacial score (nSPS) is 9.94. The number of hydrogen-bond acceptors (Lipinski definition) is 4. The van der Waals surface area contributed by atoms with Gasteiger partial charge in [-0.05, 0) is 6.92 Å². The van der Waals surface area contributed by atoms with Crippen LogP contribution in [-0.2, 0) is 4.79 Å². The minimum Gasteiger partial charge on any atom is -0.355 e. The fourth-order valence-corrected chi connectivity index (χ4v) is 0.952. The Morgan fingerprint density at radius 1 is 1.31 bits per heavy atom. The first-order chi connectivity index (χ1) is 7.52. The second-order valence-corrected chi connectivity index (χ2v) is 3.84. The van der Waals surface area contributed by atoms with Gasteiger partial charge in [0.25, 0.3) is 0 Å². The van der Waals surface area contributed by atoms with E-state index >= 15 is 0 Å². The van der Waals surface area contributed by atoms with E-state index in [0.29, 0.717) is 6.54 Å². The van der Waals surface area contributed by atoms with Crippen LogP contribution in [0.15, 0.2) is 12.0 Å². The predicted octanol–water partition coefficient (Wildman–Crippen LogP) is 2.57. The largest absolute Gasteiger partial charge is 0.355 e. The molecule has 16 heavy (non-hydrogen) atoms. The van der Waals surface area contributed by atoms with E-state index in [-0.39, 0.29) is 12.5 Å². The van der Waals surface area contributed by atoms with Crippen LogP contribution in [0.5, 0.6) is 0 Å². The first-order valence-electron chi connectivity index (χ1n) is 5.44. The monoisotopic (exact) mass is 254 g/mol. The van der Waals surface area contributed by atoms with Crippen molar-refractivity contribution >= 4 is 16.7 Å². The van der Waals surface area contributed by atoms with Crippen LogP contribution >= 0.6 is 10.8 Å². The maximum Gasteiger partial charge on any atom is 0.235 e. The van der Waals surface area contributed by atoms with Gasteiger partial charge in [0, 0.05) is 12.0 Å². The van der Waals surface area contributed by atoms with Gasteiger partial charge in [-0.3, -0.25) is 13.9 Å². The molecule has 4 N–H and O–H groups in total. The van der Waals surface area contributed by atoms with Crippen LogP contribution < -0.4 is 10.0 Å². The van der Waals surface area contributed by atoms with E-state index < -0.39 is 10.8 Å². The number of hydrogen-bond donors (Lipinski definition) is 4. The van der Waals surface area contributed by atoms with Crippen molar-refractivity contribution in [2.24, 2.45) is 0 Å². The molecule has 6 heteroatoms. The summed E-state index contributed by atoms with van der Waals surface area (Å²) in [4.78, 5) is 10.8. The van der Waals surface area contributed by atoms with Crippen molar-refractivity contribution in [3.63, 3.8) is 0 Å². The van der Waals surface area contributed by atoms with Crippen LogP contribution in [0, 0.1) is 0 Å². The molecule has 0 aliphatic heterocycles. The zero-order valence-corrected chi connectivity index (χ0v) is 11.7. The van der Waals surface area contributed by atoms with Gasteiger partial charge in [-0.2, -0.15) is 0 Å². The number of carbonyl (C=O) groups excluding carboxylic acids is 1. The molecule has 0 radical (unpaired) electrons. The van der Waals surface area contributed by atoms with Crippen LogP contribution in [0.3, 0.4) is 0 Å². The summed E-state index contributed by atoms with van der Waals surface area (Å²) in [6, 6.07) is 0. The summed E-state index contributed by atoms with van der Waals surface area (Å²) in [6.07, 6.45) is 0. The van der Waals surface area contributed by atoms with Crippen molar-refractivity contribution in [1.82, 2.24) is 10.0 Å². The van der Waals surface area contributed by atoms with Gasteiger partial charge in [0.2, 0.25) is 5.91 Å². The van der Waals surface area contributed by atoms with Crippen molar-refractivity contribution in [3.05, 3.63) is 12.0 Å². The number of amides is 1. The summed E-state index contributed by atoms with van der Waals surface area (Å²) in [5, 5.41) is 3.48. The highest BCUT2D eigenvalue weighted by Crippen LogP contribution is 2.33. The summed E-state index contributed by atoms with van der Waals surface area (Å²) < 4.78 is 20.2. The Hall–Kier alpha value is -0.560. The summed E-state index contributed by atoms with van der Waals surface area (Å²) in [5.41, 5.74) is 0. The molecule has 0 unspecified atom stereocenters. The lowest BCUT2D eigenvalue weighted by Crippen LogP contribution is -2.34. The van der Waals surface area contributed by atoms with Crippen molar-refractivity contribution in [2.45, 2.75) is 34.6 Å². The van der Waals surface area contributed by atoms with Crippen LogP contribution in [-0.4, -0.2) is 28.1 Å². The number of nitrogens with one attached hydrogen (secondary N) is 2. The summed E-state index contributed by atoms with van der Waals surface area (Å²) in [7, 11) is -2.98. The van der Waals surface area contributed by atoms with E-state index in [1.165, 1.54) is 0 Å². The van der Waals surface area contributed by atoms with Crippen molar-refractivity contribution < 1.29 is 13.9 Å². The number of carbonyl (C=O) groups is 1. The molecule has 0 aromatic rings. The van der Waals surface area contributed by atoms with Crippen molar-refractivity contribution in [2.75, 3.05) is 13.1 Å². The minimum absolute atomic E-state index is 0.123. The molecule has 0 aromatic carbocycles. The van der Waals surface area contributed by atoms with Crippen LogP contribution in [0.2, 0.25) is 0 Å². The fraction of sp³-hybridized carbons (Fsp3) is 0.700. The number of likely N-dealkylation sites (N-methyl/N-ethyl adjacent to an activating group) is 1. The SMILES string of the molecule is C=CS(O)(O)NCC(=O)NCC.CC.CC. The molecule has 1 amide bonds. The maximum absolute atomic E-state index is 10.8. The summed E-state index contributed by atoms with van der Waals surface area (Å²) >= 11 is 0. The van der Waals surface area contributed by atoms with E-state index in [9.17, 15) is 4.79 Å².